The van der Waals surface area contributed by atoms with Gasteiger partial charge in [0.15, 0.2) is 0 Å². The number of nitro benzene ring substituents is 1. The first-order chi connectivity index (χ1) is 9.85. The highest BCUT2D eigenvalue weighted by atomic mass is 35.5. The van der Waals surface area contributed by atoms with Gasteiger partial charge in [0.1, 0.15) is 16.2 Å². The van der Waals surface area contributed by atoms with Gasteiger partial charge in [-0.15, -0.1) is 0 Å². The highest BCUT2D eigenvalue weighted by molar-refractivity contribution is 6.33. The van der Waals surface area contributed by atoms with Crippen LogP contribution in [0, 0.1) is 16.0 Å². The van der Waals surface area contributed by atoms with Gasteiger partial charge in [-0.2, -0.15) is 0 Å². The molecule has 2 rings (SSSR count). The molecule has 21 heavy (non-hydrogen) atoms. The number of rotatable bonds is 4. The van der Waals surface area contributed by atoms with Crippen LogP contribution in [0.15, 0.2) is 18.2 Å². The summed E-state index contributed by atoms with van der Waals surface area (Å²) < 4.78 is 0. The van der Waals surface area contributed by atoms with E-state index in [1.165, 1.54) is 12.1 Å². The Morgan fingerprint density at radius 2 is 2.10 bits per heavy atom. The molecular formula is C14H17ClN2O4. The molecule has 0 atom stereocenters. The fourth-order valence-electron chi connectivity index (χ4n) is 2.71. The van der Waals surface area contributed by atoms with Crippen molar-refractivity contribution in [2.24, 2.45) is 5.92 Å². The Labute approximate surface area is 127 Å². The number of nitro groups is 1. The van der Waals surface area contributed by atoms with Crippen molar-refractivity contribution in [3.63, 3.8) is 0 Å². The van der Waals surface area contributed by atoms with E-state index in [0.29, 0.717) is 18.8 Å². The molecule has 7 heteroatoms. The van der Waals surface area contributed by atoms with Gasteiger partial charge in [-0.1, -0.05) is 24.6 Å². The van der Waals surface area contributed by atoms with Crippen LogP contribution >= 0.6 is 11.6 Å². The smallest absolute Gasteiger partial charge is 0.329 e. The second kappa shape index (κ2) is 5.89. The van der Waals surface area contributed by atoms with Gasteiger partial charge >= 0.3 is 11.7 Å². The lowest BCUT2D eigenvalue weighted by Crippen LogP contribution is -2.49. The molecular weight excluding hydrogens is 296 g/mol. The lowest BCUT2D eigenvalue weighted by molar-refractivity contribution is -0.383. The van der Waals surface area contributed by atoms with Crippen LogP contribution < -0.4 is 5.32 Å². The standard InChI is InChI=1S/C14H17ClN2O4/c1-9-5-7-14(8-6-9,13(18)19)16-11-4-2-3-10(15)12(11)17(20)21/h2-4,9,16H,5-8H2,1H3,(H,18,19). The van der Waals surface area contributed by atoms with Gasteiger partial charge in [-0.05, 0) is 43.7 Å². The van der Waals surface area contributed by atoms with E-state index in [2.05, 4.69) is 12.2 Å². The van der Waals surface area contributed by atoms with E-state index in [4.69, 9.17) is 11.6 Å². The molecule has 0 unspecified atom stereocenters. The van der Waals surface area contributed by atoms with Gasteiger partial charge in [0.2, 0.25) is 0 Å². The maximum Gasteiger partial charge on any atom is 0.329 e. The van der Waals surface area contributed by atoms with E-state index in [1.807, 2.05) is 0 Å². The molecule has 0 bridgehead atoms. The first-order valence-electron chi connectivity index (χ1n) is 6.80. The number of halogens is 1. The number of carboxylic acids is 1. The molecule has 0 aliphatic heterocycles. The summed E-state index contributed by atoms with van der Waals surface area (Å²) in [4.78, 5) is 22.2. The van der Waals surface area contributed by atoms with Crippen molar-refractivity contribution in [1.82, 2.24) is 0 Å². The van der Waals surface area contributed by atoms with Crippen molar-refractivity contribution in [1.29, 1.82) is 0 Å². The van der Waals surface area contributed by atoms with Gasteiger partial charge in [0.05, 0.1) is 4.92 Å². The molecule has 0 saturated heterocycles. The SMILES string of the molecule is CC1CCC(Nc2cccc(Cl)c2[N+](=O)[O-])(C(=O)O)CC1. The minimum Gasteiger partial charge on any atom is -0.480 e. The minimum atomic E-state index is -1.16. The van der Waals surface area contributed by atoms with E-state index < -0.39 is 16.4 Å². The molecule has 0 heterocycles. The zero-order valence-electron chi connectivity index (χ0n) is 11.6. The normalized spacial score (nSPS) is 25.3. The van der Waals surface area contributed by atoms with Gasteiger partial charge in [0, 0.05) is 0 Å². The lowest BCUT2D eigenvalue weighted by atomic mass is 9.77. The van der Waals surface area contributed by atoms with E-state index >= 15 is 0 Å². The third-order valence-electron chi connectivity index (χ3n) is 4.08. The average Bonchev–Trinajstić information content (AvgIpc) is 2.41. The van der Waals surface area contributed by atoms with Gasteiger partial charge in [-0.25, -0.2) is 4.79 Å². The van der Waals surface area contributed by atoms with Crippen molar-refractivity contribution >= 4 is 28.9 Å². The quantitative estimate of drug-likeness (QED) is 0.653. The predicted octanol–water partition coefficient (Wildman–Crippen LogP) is 3.69. The number of nitrogens with zero attached hydrogens (tertiary/aromatic N) is 1. The van der Waals surface area contributed by atoms with Crippen molar-refractivity contribution < 1.29 is 14.8 Å². The van der Waals surface area contributed by atoms with Crippen molar-refractivity contribution in [3.05, 3.63) is 33.3 Å². The number of hydrogen-bond acceptors (Lipinski definition) is 4. The molecule has 1 aliphatic carbocycles. The summed E-state index contributed by atoms with van der Waals surface area (Å²) in [6.07, 6.45) is 2.42. The van der Waals surface area contributed by atoms with Crippen LogP contribution in [0.3, 0.4) is 0 Å². The average molecular weight is 313 g/mol. The van der Waals surface area contributed by atoms with Crippen LogP contribution in [-0.2, 0) is 4.79 Å². The van der Waals surface area contributed by atoms with Crippen molar-refractivity contribution in [2.75, 3.05) is 5.32 Å². The molecule has 1 saturated carbocycles. The molecule has 114 valence electrons. The number of nitrogens with one attached hydrogen (secondary N) is 1. The molecule has 1 aromatic rings. The summed E-state index contributed by atoms with van der Waals surface area (Å²) in [6, 6.07) is 4.48. The summed E-state index contributed by atoms with van der Waals surface area (Å²) in [6.45, 7) is 2.08. The Morgan fingerprint density at radius 1 is 1.48 bits per heavy atom. The molecule has 1 aliphatic rings. The highest BCUT2D eigenvalue weighted by Gasteiger charge is 2.42. The monoisotopic (exact) mass is 312 g/mol. The van der Waals surface area contributed by atoms with Gasteiger partial charge < -0.3 is 10.4 Å². The Morgan fingerprint density at radius 3 is 2.62 bits per heavy atom. The van der Waals surface area contributed by atoms with Crippen LogP contribution in [0.4, 0.5) is 11.4 Å². The number of anilines is 1. The minimum absolute atomic E-state index is 0.00489. The Hall–Kier alpha value is -1.82. The lowest BCUT2D eigenvalue weighted by Gasteiger charge is -2.37. The maximum absolute atomic E-state index is 11.7. The van der Waals surface area contributed by atoms with E-state index in [9.17, 15) is 20.0 Å². The number of carboxylic acid groups (broad SMARTS) is 1. The Bertz CT molecular complexity index is 568. The summed E-state index contributed by atoms with van der Waals surface area (Å²) >= 11 is 5.86. The number of hydrogen-bond donors (Lipinski definition) is 2. The van der Waals surface area contributed by atoms with Crippen molar-refractivity contribution in [2.45, 2.75) is 38.1 Å². The summed E-state index contributed by atoms with van der Waals surface area (Å²) in [5.41, 5.74) is -1.29. The van der Waals surface area contributed by atoms with Gasteiger partial charge in [0.25, 0.3) is 0 Å². The van der Waals surface area contributed by atoms with Crippen LogP contribution in [0.25, 0.3) is 0 Å². The largest absolute Gasteiger partial charge is 0.480 e. The van der Waals surface area contributed by atoms with Gasteiger partial charge in [-0.3, -0.25) is 10.1 Å². The first-order valence-corrected chi connectivity index (χ1v) is 7.18. The van der Waals surface area contributed by atoms with E-state index in [0.717, 1.165) is 12.8 Å². The topological polar surface area (TPSA) is 92.5 Å². The molecule has 0 spiro atoms. The number of para-hydroxylation sites is 1. The van der Waals surface area contributed by atoms with Crippen LogP contribution in [0.5, 0.6) is 0 Å². The van der Waals surface area contributed by atoms with E-state index in [-0.39, 0.29) is 16.4 Å². The Balaban J connectivity index is 2.37. The second-order valence-corrected chi connectivity index (χ2v) is 6.00. The Kier molecular flexibility index (Phi) is 4.37. The number of aliphatic carboxylic acids is 1. The molecule has 2 N–H and O–H groups in total. The molecule has 0 amide bonds. The third-order valence-corrected chi connectivity index (χ3v) is 4.39. The highest BCUT2D eigenvalue weighted by Crippen LogP contribution is 2.39. The number of carbonyl (C=O) groups is 1. The summed E-state index contributed by atoms with van der Waals surface area (Å²) in [5, 5.41) is 23.6. The third kappa shape index (κ3) is 3.10. The summed E-state index contributed by atoms with van der Waals surface area (Å²) in [7, 11) is 0. The summed E-state index contributed by atoms with van der Waals surface area (Å²) in [5.74, 6) is -0.516. The van der Waals surface area contributed by atoms with Crippen molar-refractivity contribution in [3.8, 4) is 0 Å². The molecule has 6 nitrogen and oxygen atoms in total. The molecule has 0 radical (unpaired) electrons. The van der Waals surface area contributed by atoms with Crippen LogP contribution in [0.1, 0.15) is 32.6 Å². The predicted molar refractivity (Wildman–Crippen MR) is 79.7 cm³/mol. The maximum atomic E-state index is 11.7. The second-order valence-electron chi connectivity index (χ2n) is 5.59. The zero-order valence-corrected chi connectivity index (χ0v) is 12.4. The molecule has 0 aromatic heterocycles. The van der Waals surface area contributed by atoms with Crippen LogP contribution in [0.2, 0.25) is 5.02 Å². The zero-order chi connectivity index (χ0) is 15.6. The first kappa shape index (κ1) is 15.6. The fraction of sp³-hybridized carbons (Fsp3) is 0.500. The number of benzene rings is 1. The molecule has 1 fully saturated rings. The van der Waals surface area contributed by atoms with E-state index in [1.54, 1.807) is 6.07 Å². The fourth-order valence-corrected chi connectivity index (χ4v) is 2.95. The molecule has 1 aromatic carbocycles. The van der Waals surface area contributed by atoms with Crippen LogP contribution in [-0.4, -0.2) is 21.5 Å².